The van der Waals surface area contributed by atoms with Crippen molar-refractivity contribution in [3.05, 3.63) is 60.1 Å². The smallest absolute Gasteiger partial charge is 0.440 e. The van der Waals surface area contributed by atoms with Crippen LogP contribution in [0.15, 0.2) is 53.1 Å². The number of nitrogens with zero attached hydrogens (tertiary/aromatic N) is 1. The predicted molar refractivity (Wildman–Crippen MR) is 90.0 cm³/mol. The number of amides is 4. The fourth-order valence-electron chi connectivity index (χ4n) is 2.85. The molecular formula is C18H16F3N3O4. The summed E-state index contributed by atoms with van der Waals surface area (Å²) in [5.41, 5.74) is -2.62. The highest BCUT2D eigenvalue weighted by Gasteiger charge is 2.68. The summed E-state index contributed by atoms with van der Waals surface area (Å²) in [7, 11) is 0. The van der Waals surface area contributed by atoms with E-state index in [0.29, 0.717) is 11.3 Å². The largest absolute Gasteiger partial charge is 0.459 e. The minimum atomic E-state index is -5.25. The fourth-order valence-corrected chi connectivity index (χ4v) is 2.85. The van der Waals surface area contributed by atoms with Crippen LogP contribution >= 0.6 is 0 Å². The summed E-state index contributed by atoms with van der Waals surface area (Å²) in [6, 6.07) is 10.3. The first-order valence-electron chi connectivity index (χ1n) is 8.35. The van der Waals surface area contributed by atoms with Gasteiger partial charge in [-0.15, -0.1) is 0 Å². The molecule has 10 heteroatoms. The van der Waals surface area contributed by atoms with E-state index in [1.807, 2.05) is 30.3 Å². The molecule has 28 heavy (non-hydrogen) atoms. The van der Waals surface area contributed by atoms with Gasteiger partial charge < -0.3 is 9.73 Å². The third-order valence-electron chi connectivity index (χ3n) is 4.27. The zero-order valence-electron chi connectivity index (χ0n) is 14.5. The number of benzene rings is 1. The van der Waals surface area contributed by atoms with E-state index in [1.54, 1.807) is 10.6 Å². The van der Waals surface area contributed by atoms with Gasteiger partial charge in [-0.05, 0) is 30.5 Å². The van der Waals surface area contributed by atoms with Crippen molar-refractivity contribution in [1.82, 2.24) is 15.5 Å². The van der Waals surface area contributed by atoms with Gasteiger partial charge in [0.25, 0.3) is 17.5 Å². The van der Waals surface area contributed by atoms with E-state index in [4.69, 9.17) is 4.42 Å². The zero-order chi connectivity index (χ0) is 20.4. The Morgan fingerprint density at radius 3 is 2.46 bits per heavy atom. The zero-order valence-corrected chi connectivity index (χ0v) is 14.5. The van der Waals surface area contributed by atoms with Gasteiger partial charge in [0.2, 0.25) is 0 Å². The first-order valence-corrected chi connectivity index (χ1v) is 8.35. The van der Waals surface area contributed by atoms with Crippen LogP contribution in [0, 0.1) is 0 Å². The Balaban J connectivity index is 1.75. The second-order valence-corrected chi connectivity index (χ2v) is 6.16. The molecule has 2 N–H and O–H groups in total. The molecule has 2 heterocycles. The van der Waals surface area contributed by atoms with E-state index in [1.165, 1.54) is 6.07 Å². The number of hydrogen-bond donors (Lipinski definition) is 2. The minimum absolute atomic E-state index is 0.228. The molecule has 4 amide bonds. The van der Waals surface area contributed by atoms with Gasteiger partial charge in [-0.25, -0.2) is 4.79 Å². The summed E-state index contributed by atoms with van der Waals surface area (Å²) >= 11 is 0. The van der Waals surface area contributed by atoms with Crippen LogP contribution in [0.1, 0.15) is 22.5 Å². The summed E-state index contributed by atoms with van der Waals surface area (Å²) in [5, 5.41) is 3.16. The fraction of sp³-hybridized carbons (Fsp3) is 0.278. The van der Waals surface area contributed by atoms with Crippen molar-refractivity contribution in [2.45, 2.75) is 24.7 Å². The molecule has 1 aromatic carbocycles. The summed E-state index contributed by atoms with van der Waals surface area (Å²) in [6.45, 7) is -0.228. The van der Waals surface area contributed by atoms with E-state index in [0.717, 1.165) is 17.9 Å². The van der Waals surface area contributed by atoms with Gasteiger partial charge >= 0.3 is 12.2 Å². The second-order valence-electron chi connectivity index (χ2n) is 6.16. The van der Waals surface area contributed by atoms with Gasteiger partial charge in [0, 0.05) is 6.54 Å². The number of furan rings is 1. The normalized spacial score (nSPS) is 19.6. The third-order valence-corrected chi connectivity index (χ3v) is 4.27. The highest BCUT2D eigenvalue weighted by atomic mass is 19.4. The topological polar surface area (TPSA) is 91.7 Å². The van der Waals surface area contributed by atoms with E-state index in [-0.39, 0.29) is 13.0 Å². The first-order chi connectivity index (χ1) is 13.2. The Labute approximate surface area is 157 Å². The van der Waals surface area contributed by atoms with Gasteiger partial charge in [0.15, 0.2) is 5.76 Å². The molecule has 148 valence electrons. The molecule has 1 fully saturated rings. The number of nitrogens with one attached hydrogen (secondary N) is 2. The van der Waals surface area contributed by atoms with E-state index < -0.39 is 35.4 Å². The van der Waals surface area contributed by atoms with Gasteiger partial charge in [0.05, 0.1) is 6.26 Å². The molecule has 0 spiro atoms. The number of urea groups is 1. The van der Waals surface area contributed by atoms with Gasteiger partial charge in [-0.1, -0.05) is 30.3 Å². The van der Waals surface area contributed by atoms with Crippen molar-refractivity contribution in [3.8, 4) is 0 Å². The summed E-state index contributed by atoms with van der Waals surface area (Å²) in [5.74, 6) is -3.28. The standard InChI is InChI=1S/C18H16F3N3O4/c19-18(20,21)17(22-14(25)13-9-5-11-28-13)15(26)24(16(27)23-17)10-4-8-12-6-2-1-3-7-12/h1-3,5-7,9,11H,4,8,10H2,(H,22,25)(H,23,27)/t17-/m1/s1. The summed E-state index contributed by atoms with van der Waals surface area (Å²) in [4.78, 5) is 37.1. The molecule has 1 saturated heterocycles. The Kier molecular flexibility index (Phi) is 5.12. The Hall–Kier alpha value is -3.30. The molecule has 2 aromatic rings. The van der Waals surface area contributed by atoms with Gasteiger partial charge in [-0.3, -0.25) is 19.8 Å². The quantitative estimate of drug-likeness (QED) is 0.735. The number of hydrogen-bond acceptors (Lipinski definition) is 4. The number of imide groups is 1. The lowest BCUT2D eigenvalue weighted by molar-refractivity contribution is -0.200. The van der Waals surface area contributed by atoms with Crippen molar-refractivity contribution in [3.63, 3.8) is 0 Å². The van der Waals surface area contributed by atoms with E-state index in [9.17, 15) is 27.6 Å². The summed E-state index contributed by atoms with van der Waals surface area (Å²) in [6.07, 6.45) is -3.42. The number of halogens is 3. The van der Waals surface area contributed by atoms with Crippen LogP contribution in [-0.4, -0.2) is 41.1 Å². The number of rotatable bonds is 6. The third kappa shape index (κ3) is 3.57. The van der Waals surface area contributed by atoms with Crippen LogP contribution in [0.2, 0.25) is 0 Å². The molecule has 0 saturated carbocycles. The van der Waals surface area contributed by atoms with Crippen molar-refractivity contribution in [2.75, 3.05) is 6.54 Å². The van der Waals surface area contributed by atoms with Gasteiger partial charge in [0.1, 0.15) is 0 Å². The molecule has 0 unspecified atom stereocenters. The second kappa shape index (κ2) is 7.37. The first kappa shape index (κ1) is 19.5. The lowest BCUT2D eigenvalue weighted by Crippen LogP contribution is -2.69. The van der Waals surface area contributed by atoms with Crippen LogP contribution in [-0.2, 0) is 11.2 Å². The Morgan fingerprint density at radius 2 is 1.86 bits per heavy atom. The predicted octanol–water partition coefficient (Wildman–Crippen LogP) is 2.45. The lowest BCUT2D eigenvalue weighted by atomic mass is 10.1. The maximum absolute atomic E-state index is 13.7. The van der Waals surface area contributed by atoms with Gasteiger partial charge in [-0.2, -0.15) is 13.2 Å². The molecular weight excluding hydrogens is 379 g/mol. The maximum atomic E-state index is 13.7. The van der Waals surface area contributed by atoms with Crippen LogP contribution in [0.25, 0.3) is 0 Å². The molecule has 1 aromatic heterocycles. The van der Waals surface area contributed by atoms with E-state index in [2.05, 4.69) is 0 Å². The molecule has 3 rings (SSSR count). The van der Waals surface area contributed by atoms with Crippen LogP contribution < -0.4 is 10.6 Å². The monoisotopic (exact) mass is 395 g/mol. The van der Waals surface area contributed by atoms with Crippen molar-refractivity contribution < 1.29 is 32.0 Å². The molecule has 1 aliphatic heterocycles. The molecule has 0 radical (unpaired) electrons. The molecule has 0 bridgehead atoms. The Morgan fingerprint density at radius 1 is 1.14 bits per heavy atom. The van der Waals surface area contributed by atoms with Crippen LogP contribution in [0.4, 0.5) is 18.0 Å². The highest BCUT2D eigenvalue weighted by molar-refractivity contribution is 6.10. The molecule has 7 nitrogen and oxygen atoms in total. The number of aryl methyl sites for hydroxylation is 1. The molecule has 0 aliphatic carbocycles. The van der Waals surface area contributed by atoms with Crippen LogP contribution in [0.3, 0.4) is 0 Å². The minimum Gasteiger partial charge on any atom is -0.459 e. The van der Waals surface area contributed by atoms with Crippen molar-refractivity contribution in [2.24, 2.45) is 0 Å². The van der Waals surface area contributed by atoms with Crippen molar-refractivity contribution in [1.29, 1.82) is 0 Å². The van der Waals surface area contributed by atoms with Crippen molar-refractivity contribution >= 4 is 17.8 Å². The lowest BCUT2D eigenvalue weighted by Gasteiger charge is -2.29. The molecule has 1 aliphatic rings. The number of carbonyl (C=O) groups is 3. The maximum Gasteiger partial charge on any atom is 0.440 e. The Bertz CT molecular complexity index is 868. The van der Waals surface area contributed by atoms with Crippen LogP contribution in [0.5, 0.6) is 0 Å². The molecule has 1 atom stereocenters. The SMILES string of the molecule is O=C(N[C@@]1(C(F)(F)F)NC(=O)N(CCCc2ccccc2)C1=O)c1ccco1. The average molecular weight is 395 g/mol. The number of carbonyl (C=O) groups excluding carboxylic acids is 3. The number of alkyl halides is 3. The summed E-state index contributed by atoms with van der Waals surface area (Å²) < 4.78 is 45.8. The van der Waals surface area contributed by atoms with E-state index >= 15 is 0 Å². The highest BCUT2D eigenvalue weighted by Crippen LogP contribution is 2.34. The average Bonchev–Trinajstić information content (AvgIpc) is 3.25.